The Bertz CT molecular complexity index is 483. The van der Waals surface area contributed by atoms with Crippen LogP contribution >= 0.6 is 11.6 Å². The van der Waals surface area contributed by atoms with E-state index >= 15 is 0 Å². The summed E-state index contributed by atoms with van der Waals surface area (Å²) in [5.41, 5.74) is -0.277. The zero-order valence-corrected chi connectivity index (χ0v) is 12.3. The van der Waals surface area contributed by atoms with Gasteiger partial charge in [-0.25, -0.2) is 13.1 Å². The molecule has 0 atom stereocenters. The van der Waals surface area contributed by atoms with Gasteiger partial charge in [0.2, 0.25) is 10.0 Å². The molecule has 0 unspecified atom stereocenters. The minimum absolute atomic E-state index is 0.216. The minimum atomic E-state index is -3.49. The number of hydrogen-bond acceptors (Lipinski definition) is 3. The maximum atomic E-state index is 12.0. The summed E-state index contributed by atoms with van der Waals surface area (Å²) in [7, 11) is -1.96. The Morgan fingerprint density at radius 3 is 2.28 bits per heavy atom. The Hall–Kier alpha value is -0.780. The minimum Gasteiger partial charge on any atom is -0.497 e. The van der Waals surface area contributed by atoms with Gasteiger partial charge in [0.15, 0.2) is 0 Å². The first kappa shape index (κ1) is 15.3. The van der Waals surface area contributed by atoms with E-state index < -0.39 is 10.0 Å². The van der Waals surface area contributed by atoms with E-state index in [4.69, 9.17) is 16.3 Å². The molecule has 0 amide bonds. The number of alkyl halides is 1. The molecule has 0 aliphatic rings. The van der Waals surface area contributed by atoms with Crippen molar-refractivity contribution in [2.45, 2.75) is 18.7 Å². The molecule has 1 aromatic rings. The molecular formula is C12H18ClNO3S. The Kier molecular flexibility index (Phi) is 5.01. The van der Waals surface area contributed by atoms with E-state index in [1.165, 1.54) is 19.2 Å². The van der Waals surface area contributed by atoms with E-state index in [9.17, 15) is 8.42 Å². The lowest BCUT2D eigenvalue weighted by Crippen LogP contribution is -2.34. The van der Waals surface area contributed by atoms with Gasteiger partial charge in [-0.15, -0.1) is 11.6 Å². The molecule has 0 saturated heterocycles. The Balaban J connectivity index is 2.80. The van der Waals surface area contributed by atoms with Gasteiger partial charge >= 0.3 is 0 Å². The predicted octanol–water partition coefficient (Wildman–Crippen LogP) is 2.24. The number of methoxy groups -OCH3 is 1. The van der Waals surface area contributed by atoms with E-state index in [-0.39, 0.29) is 10.3 Å². The second-order valence-electron chi connectivity index (χ2n) is 4.80. The molecule has 1 rings (SSSR count). The summed E-state index contributed by atoms with van der Waals surface area (Å²) in [5, 5.41) is 0. The van der Waals surface area contributed by atoms with E-state index in [1.54, 1.807) is 12.1 Å². The average Bonchev–Trinajstić information content (AvgIpc) is 2.37. The van der Waals surface area contributed by atoms with Crippen LogP contribution in [0, 0.1) is 5.41 Å². The molecule has 102 valence electrons. The smallest absolute Gasteiger partial charge is 0.240 e. The summed E-state index contributed by atoms with van der Waals surface area (Å²) >= 11 is 5.76. The number of halogens is 1. The fourth-order valence-electron chi connectivity index (χ4n) is 1.18. The van der Waals surface area contributed by atoms with Crippen molar-refractivity contribution in [1.82, 2.24) is 4.72 Å². The van der Waals surface area contributed by atoms with Crippen molar-refractivity contribution in [1.29, 1.82) is 0 Å². The van der Waals surface area contributed by atoms with Crippen LogP contribution < -0.4 is 9.46 Å². The molecule has 0 aliphatic carbocycles. The Morgan fingerprint density at radius 2 is 1.83 bits per heavy atom. The summed E-state index contributed by atoms with van der Waals surface area (Å²) in [6.45, 7) is 4.10. The normalized spacial score (nSPS) is 12.4. The van der Waals surface area contributed by atoms with E-state index in [2.05, 4.69) is 4.72 Å². The molecule has 1 aromatic carbocycles. The lowest BCUT2D eigenvalue weighted by atomic mass is 9.97. The van der Waals surface area contributed by atoms with E-state index in [0.717, 1.165) is 0 Å². The first-order valence-electron chi connectivity index (χ1n) is 5.50. The van der Waals surface area contributed by atoms with Crippen LogP contribution in [-0.4, -0.2) is 28.0 Å². The van der Waals surface area contributed by atoms with Crippen LogP contribution in [-0.2, 0) is 10.0 Å². The second kappa shape index (κ2) is 5.91. The van der Waals surface area contributed by atoms with Crippen molar-refractivity contribution in [2.75, 3.05) is 19.5 Å². The van der Waals surface area contributed by atoms with Crippen molar-refractivity contribution in [3.63, 3.8) is 0 Å². The topological polar surface area (TPSA) is 55.4 Å². The van der Waals surface area contributed by atoms with Gasteiger partial charge in [0.05, 0.1) is 12.0 Å². The SMILES string of the molecule is COc1ccc(S(=O)(=O)NCC(C)(C)CCl)cc1. The number of ether oxygens (including phenoxy) is 1. The molecule has 0 radical (unpaired) electrons. The molecule has 0 aromatic heterocycles. The van der Waals surface area contributed by atoms with Crippen molar-refractivity contribution in [2.24, 2.45) is 5.41 Å². The van der Waals surface area contributed by atoms with Crippen LogP contribution in [0.25, 0.3) is 0 Å². The number of hydrogen-bond donors (Lipinski definition) is 1. The van der Waals surface area contributed by atoms with Crippen LogP contribution in [0.15, 0.2) is 29.2 Å². The van der Waals surface area contributed by atoms with Crippen LogP contribution in [0.1, 0.15) is 13.8 Å². The first-order chi connectivity index (χ1) is 8.30. The molecule has 4 nitrogen and oxygen atoms in total. The average molecular weight is 292 g/mol. The van der Waals surface area contributed by atoms with Crippen LogP contribution in [0.3, 0.4) is 0 Å². The molecule has 0 heterocycles. The van der Waals surface area contributed by atoms with Gasteiger partial charge in [0.1, 0.15) is 5.75 Å². The summed E-state index contributed by atoms with van der Waals surface area (Å²) < 4.78 is 31.5. The molecule has 6 heteroatoms. The van der Waals surface area contributed by atoms with Gasteiger partial charge in [-0.1, -0.05) is 13.8 Å². The third kappa shape index (κ3) is 4.15. The van der Waals surface area contributed by atoms with Crippen LogP contribution in [0.5, 0.6) is 5.75 Å². The van der Waals surface area contributed by atoms with Gasteiger partial charge in [0, 0.05) is 12.4 Å². The molecule has 1 N–H and O–H groups in total. The number of benzene rings is 1. The fourth-order valence-corrected chi connectivity index (χ4v) is 2.51. The molecular weight excluding hydrogens is 274 g/mol. The molecule has 0 bridgehead atoms. The first-order valence-corrected chi connectivity index (χ1v) is 7.52. The summed E-state index contributed by atoms with van der Waals surface area (Å²) in [6, 6.07) is 6.24. The molecule has 0 fully saturated rings. The number of nitrogens with one attached hydrogen (secondary N) is 1. The van der Waals surface area contributed by atoms with Gasteiger partial charge in [-0.05, 0) is 29.7 Å². The maximum absolute atomic E-state index is 12.0. The molecule has 0 spiro atoms. The van der Waals surface area contributed by atoms with Crippen molar-refractivity contribution in [3.8, 4) is 5.75 Å². The second-order valence-corrected chi connectivity index (χ2v) is 6.83. The number of rotatable bonds is 6. The quantitative estimate of drug-likeness (QED) is 0.818. The third-order valence-electron chi connectivity index (χ3n) is 2.47. The van der Waals surface area contributed by atoms with Crippen molar-refractivity contribution >= 4 is 21.6 Å². The lowest BCUT2D eigenvalue weighted by Gasteiger charge is -2.21. The summed E-state index contributed by atoms with van der Waals surface area (Å²) in [5.74, 6) is 1.01. The lowest BCUT2D eigenvalue weighted by molar-refractivity contribution is 0.412. The highest BCUT2D eigenvalue weighted by atomic mass is 35.5. The third-order valence-corrected chi connectivity index (χ3v) is 4.61. The monoisotopic (exact) mass is 291 g/mol. The zero-order chi connectivity index (χ0) is 13.8. The van der Waals surface area contributed by atoms with Gasteiger partial charge in [0.25, 0.3) is 0 Å². The van der Waals surface area contributed by atoms with Crippen LogP contribution in [0.2, 0.25) is 0 Å². The summed E-state index contributed by atoms with van der Waals surface area (Å²) in [4.78, 5) is 0.216. The van der Waals surface area contributed by atoms with Crippen molar-refractivity contribution in [3.05, 3.63) is 24.3 Å². The van der Waals surface area contributed by atoms with Crippen molar-refractivity contribution < 1.29 is 13.2 Å². The molecule has 18 heavy (non-hydrogen) atoms. The van der Waals surface area contributed by atoms with E-state index in [1.807, 2.05) is 13.8 Å². The number of sulfonamides is 1. The van der Waals surface area contributed by atoms with Gasteiger partial charge in [-0.3, -0.25) is 0 Å². The summed E-state index contributed by atoms with van der Waals surface area (Å²) in [6.07, 6.45) is 0. The van der Waals surface area contributed by atoms with E-state index in [0.29, 0.717) is 18.2 Å². The highest BCUT2D eigenvalue weighted by Crippen LogP contribution is 2.18. The van der Waals surface area contributed by atoms with Crippen LogP contribution in [0.4, 0.5) is 0 Å². The predicted molar refractivity (Wildman–Crippen MR) is 72.7 cm³/mol. The fraction of sp³-hybridized carbons (Fsp3) is 0.500. The highest BCUT2D eigenvalue weighted by Gasteiger charge is 2.21. The maximum Gasteiger partial charge on any atom is 0.240 e. The standard InChI is InChI=1S/C12H18ClNO3S/c1-12(2,8-13)9-14-18(15,16)11-6-4-10(17-3)5-7-11/h4-7,14H,8-9H2,1-3H3. The Morgan fingerprint density at radius 1 is 1.28 bits per heavy atom. The highest BCUT2D eigenvalue weighted by molar-refractivity contribution is 7.89. The zero-order valence-electron chi connectivity index (χ0n) is 10.7. The molecule has 0 saturated carbocycles. The van der Waals surface area contributed by atoms with Gasteiger partial charge in [-0.2, -0.15) is 0 Å². The van der Waals surface area contributed by atoms with Gasteiger partial charge < -0.3 is 4.74 Å². The molecule has 0 aliphatic heterocycles. The Labute approximate surface area is 113 Å². The largest absolute Gasteiger partial charge is 0.497 e.